The van der Waals surface area contributed by atoms with Gasteiger partial charge in [0, 0.05) is 6.92 Å². The zero-order valence-corrected chi connectivity index (χ0v) is 21.1. The normalized spacial score (nSPS) is 15.9. The number of allylic oxidation sites excluding steroid dienone is 1. The van der Waals surface area contributed by atoms with Gasteiger partial charge in [-0.2, -0.15) is 0 Å². The number of carbonyl (C=O) groups excluding carboxylic acids is 2. The Hall–Kier alpha value is -0.630. The highest BCUT2D eigenvalue weighted by Crippen LogP contribution is 2.14. The molecular weight excluding hydrogens is 479 g/mol. The van der Waals surface area contributed by atoms with Crippen molar-refractivity contribution in [1.82, 2.24) is 4.90 Å². The monoisotopic (exact) mass is 522 g/mol. The van der Waals surface area contributed by atoms with Crippen molar-refractivity contribution in [1.29, 1.82) is 0 Å². The van der Waals surface area contributed by atoms with Crippen LogP contribution in [-0.4, -0.2) is 67.6 Å². The van der Waals surface area contributed by atoms with E-state index in [0.717, 1.165) is 69.2 Å². The van der Waals surface area contributed by atoms with Crippen molar-refractivity contribution in [3.05, 3.63) is 12.2 Å². The van der Waals surface area contributed by atoms with Crippen LogP contribution < -0.4 is 24.0 Å². The van der Waals surface area contributed by atoms with Crippen LogP contribution >= 0.6 is 0 Å². The Labute approximate surface area is 195 Å². The first kappa shape index (κ1) is 28.4. The molecule has 6 heteroatoms. The van der Waals surface area contributed by atoms with Crippen molar-refractivity contribution in [3.8, 4) is 0 Å². The van der Waals surface area contributed by atoms with Gasteiger partial charge in [-0.1, -0.05) is 45.1 Å². The number of piperazine rings is 1. The molecule has 0 aromatic carbocycles. The van der Waals surface area contributed by atoms with Crippen molar-refractivity contribution >= 4 is 11.9 Å². The minimum absolute atomic E-state index is 0. The van der Waals surface area contributed by atoms with Crippen LogP contribution in [0.3, 0.4) is 0 Å². The molecule has 1 aliphatic heterocycles. The molecule has 0 aromatic rings. The summed E-state index contributed by atoms with van der Waals surface area (Å²) in [5.41, 5.74) is 0. The highest BCUT2D eigenvalue weighted by molar-refractivity contribution is 5.87. The first-order valence-corrected chi connectivity index (χ1v) is 11.4. The molecule has 5 nitrogen and oxygen atoms in total. The second-order valence-electron chi connectivity index (χ2n) is 8.48. The number of hydrogen-bond acceptors (Lipinski definition) is 3. The van der Waals surface area contributed by atoms with E-state index in [9.17, 15) is 9.59 Å². The summed E-state index contributed by atoms with van der Waals surface area (Å²) >= 11 is 0. The molecule has 170 valence electrons. The predicted octanol–water partition coefficient (Wildman–Crippen LogP) is 1.32. The third kappa shape index (κ3) is 14.1. The molecule has 0 atom stereocenters. The SMILES string of the molecule is CCCCCC[N+]1(C)CCN(C(=O)/C=C/CCCCCCCOC(C)=O)CC1.[I-]. The fourth-order valence-corrected chi connectivity index (χ4v) is 3.71. The number of likely N-dealkylation sites (N-methyl/N-ethyl adjacent to an activating group) is 1. The van der Waals surface area contributed by atoms with Gasteiger partial charge < -0.3 is 38.1 Å². The van der Waals surface area contributed by atoms with E-state index in [-0.39, 0.29) is 35.9 Å². The van der Waals surface area contributed by atoms with Crippen LogP contribution in [0.15, 0.2) is 12.2 Å². The maximum atomic E-state index is 12.4. The topological polar surface area (TPSA) is 46.6 Å². The first-order chi connectivity index (χ1) is 13.5. The molecule has 1 amide bonds. The summed E-state index contributed by atoms with van der Waals surface area (Å²) in [4.78, 5) is 25.0. The molecule has 1 rings (SSSR count). The van der Waals surface area contributed by atoms with Gasteiger partial charge in [-0.3, -0.25) is 9.59 Å². The molecule has 1 aliphatic rings. The summed E-state index contributed by atoms with van der Waals surface area (Å²) in [6.07, 6.45) is 15.5. The van der Waals surface area contributed by atoms with E-state index in [1.165, 1.54) is 39.2 Å². The van der Waals surface area contributed by atoms with Crippen molar-refractivity contribution < 1.29 is 42.8 Å². The fourth-order valence-electron chi connectivity index (χ4n) is 3.71. The molecular formula is C23H43IN2O3. The molecule has 0 N–H and O–H groups in total. The Bertz CT molecular complexity index is 475. The number of hydrogen-bond donors (Lipinski definition) is 0. The van der Waals surface area contributed by atoms with Crippen LogP contribution in [0.25, 0.3) is 0 Å². The summed E-state index contributed by atoms with van der Waals surface area (Å²) in [7, 11) is 2.34. The molecule has 1 heterocycles. The zero-order valence-electron chi connectivity index (χ0n) is 19.0. The molecule has 0 spiro atoms. The summed E-state index contributed by atoms with van der Waals surface area (Å²) < 4.78 is 6.04. The van der Waals surface area contributed by atoms with E-state index in [1.807, 2.05) is 11.0 Å². The molecule has 0 saturated carbocycles. The Kier molecular flexibility index (Phi) is 16.7. The van der Waals surface area contributed by atoms with Gasteiger partial charge in [-0.05, 0) is 38.2 Å². The summed E-state index contributed by atoms with van der Waals surface area (Å²) in [5.74, 6) is -0.0160. The predicted molar refractivity (Wildman–Crippen MR) is 115 cm³/mol. The molecule has 0 aliphatic carbocycles. The number of nitrogens with zero attached hydrogens (tertiary/aromatic N) is 2. The molecule has 29 heavy (non-hydrogen) atoms. The lowest BCUT2D eigenvalue weighted by Gasteiger charge is -2.42. The molecule has 1 saturated heterocycles. The Morgan fingerprint density at radius 2 is 1.59 bits per heavy atom. The van der Waals surface area contributed by atoms with Gasteiger partial charge in [0.05, 0.1) is 46.4 Å². The van der Waals surface area contributed by atoms with Crippen LogP contribution in [0.4, 0.5) is 0 Å². The van der Waals surface area contributed by atoms with Gasteiger partial charge in [-0.15, -0.1) is 0 Å². The lowest BCUT2D eigenvalue weighted by molar-refractivity contribution is -0.913. The Morgan fingerprint density at radius 3 is 2.24 bits per heavy atom. The summed E-state index contributed by atoms with van der Waals surface area (Å²) in [5, 5.41) is 0. The number of carbonyl (C=O) groups is 2. The summed E-state index contributed by atoms with van der Waals surface area (Å²) in [6.45, 7) is 9.42. The number of amides is 1. The van der Waals surface area contributed by atoms with Crippen LogP contribution in [0, 0.1) is 0 Å². The van der Waals surface area contributed by atoms with E-state index in [1.54, 1.807) is 6.08 Å². The second kappa shape index (κ2) is 17.1. The van der Waals surface area contributed by atoms with Crippen molar-refractivity contribution in [2.24, 2.45) is 0 Å². The Balaban J connectivity index is 0.00000784. The van der Waals surface area contributed by atoms with E-state index in [0.29, 0.717) is 6.61 Å². The largest absolute Gasteiger partial charge is 1.00 e. The van der Waals surface area contributed by atoms with E-state index >= 15 is 0 Å². The minimum atomic E-state index is -0.195. The van der Waals surface area contributed by atoms with Crippen molar-refractivity contribution in [2.75, 3.05) is 46.4 Å². The fraction of sp³-hybridized carbons (Fsp3) is 0.826. The van der Waals surface area contributed by atoms with Gasteiger partial charge in [-0.25, -0.2) is 0 Å². The summed E-state index contributed by atoms with van der Waals surface area (Å²) in [6, 6.07) is 0. The van der Waals surface area contributed by atoms with Gasteiger partial charge in [0.25, 0.3) is 0 Å². The van der Waals surface area contributed by atoms with Crippen LogP contribution in [0.2, 0.25) is 0 Å². The molecule has 0 bridgehead atoms. The quantitative estimate of drug-likeness (QED) is 0.114. The molecule has 0 radical (unpaired) electrons. The molecule has 0 unspecified atom stereocenters. The van der Waals surface area contributed by atoms with Gasteiger partial charge in [0.15, 0.2) is 0 Å². The van der Waals surface area contributed by atoms with Crippen molar-refractivity contribution in [3.63, 3.8) is 0 Å². The average molecular weight is 523 g/mol. The van der Waals surface area contributed by atoms with Crippen LogP contribution in [0.5, 0.6) is 0 Å². The van der Waals surface area contributed by atoms with Gasteiger partial charge >= 0.3 is 5.97 Å². The van der Waals surface area contributed by atoms with E-state index < -0.39 is 0 Å². The number of unbranched alkanes of at least 4 members (excludes halogenated alkanes) is 8. The lowest BCUT2D eigenvalue weighted by atomic mass is 10.1. The highest BCUT2D eigenvalue weighted by Gasteiger charge is 2.29. The van der Waals surface area contributed by atoms with Gasteiger partial charge in [0.1, 0.15) is 0 Å². The first-order valence-electron chi connectivity index (χ1n) is 11.4. The lowest BCUT2D eigenvalue weighted by Crippen LogP contribution is -3.00. The van der Waals surface area contributed by atoms with E-state index in [4.69, 9.17) is 4.74 Å². The molecule has 1 fully saturated rings. The number of rotatable bonds is 14. The second-order valence-corrected chi connectivity index (χ2v) is 8.48. The number of quaternary nitrogens is 1. The Morgan fingerprint density at radius 1 is 0.966 bits per heavy atom. The zero-order chi connectivity index (χ0) is 20.7. The number of ether oxygens (including phenoxy) is 1. The van der Waals surface area contributed by atoms with E-state index in [2.05, 4.69) is 14.0 Å². The third-order valence-corrected chi connectivity index (χ3v) is 5.76. The van der Waals surface area contributed by atoms with Crippen LogP contribution in [-0.2, 0) is 14.3 Å². The minimum Gasteiger partial charge on any atom is -1.00 e. The number of halogens is 1. The standard InChI is InChI=1S/C23H43N2O3.HI/c1-4-5-6-13-18-25(3)19-16-24(17-20-25)23(27)15-12-10-8-7-9-11-14-21-28-22(2)26;/h12,15H,4-11,13-14,16-21H2,1-3H3;1H/q+1;/p-1/b15-12+;. The molecule has 0 aromatic heterocycles. The maximum Gasteiger partial charge on any atom is 0.302 e. The third-order valence-electron chi connectivity index (χ3n) is 5.76. The highest BCUT2D eigenvalue weighted by atomic mass is 127. The smallest absolute Gasteiger partial charge is 0.302 e. The van der Waals surface area contributed by atoms with Crippen molar-refractivity contribution in [2.45, 2.75) is 78.1 Å². The average Bonchev–Trinajstić information content (AvgIpc) is 2.67. The maximum absolute atomic E-state index is 12.4. The van der Waals surface area contributed by atoms with Gasteiger partial charge in [0.2, 0.25) is 5.91 Å². The van der Waals surface area contributed by atoms with Crippen LogP contribution in [0.1, 0.15) is 78.1 Å². The number of esters is 1.